The van der Waals surface area contributed by atoms with Crippen molar-refractivity contribution in [2.75, 3.05) is 0 Å². The van der Waals surface area contributed by atoms with Crippen LogP contribution in [0.1, 0.15) is 27.7 Å². The monoisotopic (exact) mass is 212 g/mol. The summed E-state index contributed by atoms with van der Waals surface area (Å²) in [5.41, 5.74) is 3.02. The van der Waals surface area contributed by atoms with Crippen molar-refractivity contribution >= 4 is 0 Å². The molecule has 0 saturated heterocycles. The van der Waals surface area contributed by atoms with Gasteiger partial charge in [-0.25, -0.2) is 0 Å². The van der Waals surface area contributed by atoms with Gasteiger partial charge in [0, 0.05) is 10.8 Å². The molecule has 0 fully saturated rings. The summed E-state index contributed by atoms with van der Waals surface area (Å²) in [4.78, 5) is 0. The first kappa shape index (κ1) is 11.2. The molecule has 2 aliphatic rings. The maximum absolute atomic E-state index is 2.26. The van der Waals surface area contributed by atoms with Gasteiger partial charge in [0.05, 0.1) is 0 Å². The molecule has 16 heavy (non-hydrogen) atoms. The molecule has 0 heterocycles. The van der Waals surface area contributed by atoms with E-state index in [1.165, 1.54) is 11.1 Å². The molecule has 0 aromatic rings. The van der Waals surface area contributed by atoms with Crippen molar-refractivity contribution < 1.29 is 0 Å². The Morgan fingerprint density at radius 3 is 1.06 bits per heavy atom. The van der Waals surface area contributed by atoms with E-state index >= 15 is 0 Å². The van der Waals surface area contributed by atoms with E-state index < -0.39 is 0 Å². The predicted octanol–water partition coefficient (Wildman–Crippen LogP) is 4.59. The van der Waals surface area contributed by atoms with Crippen LogP contribution in [0.5, 0.6) is 0 Å². The summed E-state index contributed by atoms with van der Waals surface area (Å²) in [5, 5.41) is 0. The highest BCUT2D eigenvalue weighted by molar-refractivity contribution is 5.51. The van der Waals surface area contributed by atoms with E-state index in [1.807, 2.05) is 0 Å². The Bertz CT molecular complexity index is 357. The van der Waals surface area contributed by atoms with Crippen LogP contribution in [0.3, 0.4) is 0 Å². The van der Waals surface area contributed by atoms with E-state index in [-0.39, 0.29) is 10.8 Å². The highest BCUT2D eigenvalue weighted by Gasteiger charge is 2.16. The average Bonchev–Trinajstić information content (AvgIpc) is 2.19. The number of allylic oxidation sites excluding steroid dienone is 10. The molecule has 0 spiro atoms. The second-order valence-corrected chi connectivity index (χ2v) is 5.89. The molecule has 0 aromatic carbocycles. The van der Waals surface area contributed by atoms with Crippen LogP contribution in [-0.4, -0.2) is 0 Å². The fraction of sp³-hybridized carbons (Fsp3) is 0.375. The minimum Gasteiger partial charge on any atom is -0.0745 e. The summed E-state index contributed by atoms with van der Waals surface area (Å²) in [6.07, 6.45) is 17.9. The molecule has 0 N–H and O–H groups in total. The molecular formula is C16H20. The fourth-order valence-corrected chi connectivity index (χ4v) is 1.83. The van der Waals surface area contributed by atoms with Gasteiger partial charge in [0.2, 0.25) is 0 Å². The molecule has 0 atom stereocenters. The van der Waals surface area contributed by atoms with Gasteiger partial charge in [-0.3, -0.25) is 0 Å². The van der Waals surface area contributed by atoms with E-state index in [0.29, 0.717) is 0 Å². The van der Waals surface area contributed by atoms with E-state index in [9.17, 15) is 0 Å². The van der Waals surface area contributed by atoms with Crippen molar-refractivity contribution in [3.63, 3.8) is 0 Å². The molecule has 0 aliphatic heterocycles. The molecular weight excluding hydrogens is 192 g/mol. The predicted molar refractivity (Wildman–Crippen MR) is 71.1 cm³/mol. The van der Waals surface area contributed by atoms with Crippen molar-refractivity contribution in [1.82, 2.24) is 0 Å². The first-order valence-corrected chi connectivity index (χ1v) is 5.89. The molecule has 0 amide bonds. The third-order valence-corrected chi connectivity index (χ3v) is 3.10. The van der Waals surface area contributed by atoms with Gasteiger partial charge in [0.15, 0.2) is 0 Å². The highest BCUT2D eigenvalue weighted by Crippen LogP contribution is 2.31. The maximum atomic E-state index is 2.26. The molecule has 0 bridgehead atoms. The Kier molecular flexibility index (Phi) is 2.53. The zero-order valence-corrected chi connectivity index (χ0v) is 10.6. The number of rotatable bonds is 0. The lowest BCUT2D eigenvalue weighted by molar-refractivity contribution is 0.618. The van der Waals surface area contributed by atoms with Crippen LogP contribution >= 0.6 is 0 Å². The highest BCUT2D eigenvalue weighted by atomic mass is 14.2. The Morgan fingerprint density at radius 1 is 0.562 bits per heavy atom. The first-order valence-electron chi connectivity index (χ1n) is 5.89. The topological polar surface area (TPSA) is 0 Å². The van der Waals surface area contributed by atoms with E-state index in [0.717, 1.165) is 0 Å². The zero-order chi connectivity index (χ0) is 11.8. The molecule has 0 heteroatoms. The molecule has 2 aliphatic carbocycles. The minimum atomic E-state index is 0.200. The maximum Gasteiger partial charge on any atom is 0.00111 e. The SMILES string of the molecule is CC1(C)C=CC(=C2C=CC(C)(C)C=C2)C=C1. The lowest BCUT2D eigenvalue weighted by atomic mass is 9.83. The third kappa shape index (κ3) is 2.44. The summed E-state index contributed by atoms with van der Waals surface area (Å²) >= 11 is 0. The molecule has 0 unspecified atom stereocenters. The second-order valence-electron chi connectivity index (χ2n) is 5.89. The van der Waals surface area contributed by atoms with Gasteiger partial charge in [-0.2, -0.15) is 0 Å². The van der Waals surface area contributed by atoms with Gasteiger partial charge < -0.3 is 0 Å². The lowest BCUT2D eigenvalue weighted by Crippen LogP contribution is -2.08. The van der Waals surface area contributed by atoms with Gasteiger partial charge in [-0.05, 0) is 11.1 Å². The number of hydrogen-bond acceptors (Lipinski definition) is 0. The molecule has 2 rings (SSSR count). The molecule has 0 nitrogen and oxygen atoms in total. The lowest BCUT2D eigenvalue weighted by Gasteiger charge is -2.22. The number of hydrogen-bond donors (Lipinski definition) is 0. The van der Waals surface area contributed by atoms with Gasteiger partial charge in [-0.15, -0.1) is 0 Å². The molecule has 84 valence electrons. The van der Waals surface area contributed by atoms with Crippen molar-refractivity contribution in [2.45, 2.75) is 27.7 Å². The summed E-state index contributed by atoms with van der Waals surface area (Å²) < 4.78 is 0. The van der Waals surface area contributed by atoms with Crippen molar-refractivity contribution in [2.24, 2.45) is 10.8 Å². The van der Waals surface area contributed by atoms with Crippen molar-refractivity contribution in [3.05, 3.63) is 59.8 Å². The summed E-state index contributed by atoms with van der Waals surface area (Å²) in [5.74, 6) is 0. The van der Waals surface area contributed by atoms with Crippen LogP contribution in [0.2, 0.25) is 0 Å². The van der Waals surface area contributed by atoms with Gasteiger partial charge >= 0.3 is 0 Å². The second kappa shape index (κ2) is 3.62. The first-order chi connectivity index (χ1) is 7.38. The molecule has 0 radical (unpaired) electrons. The Labute approximate surface area is 98.8 Å². The van der Waals surface area contributed by atoms with Crippen LogP contribution in [0, 0.1) is 10.8 Å². The van der Waals surface area contributed by atoms with Gasteiger partial charge in [0.25, 0.3) is 0 Å². The summed E-state index contributed by atoms with van der Waals surface area (Å²) in [6, 6.07) is 0. The quantitative estimate of drug-likeness (QED) is 0.551. The third-order valence-electron chi connectivity index (χ3n) is 3.10. The normalized spacial score (nSPS) is 25.2. The van der Waals surface area contributed by atoms with Crippen LogP contribution in [0.15, 0.2) is 59.8 Å². The largest absolute Gasteiger partial charge is 0.0745 e. The van der Waals surface area contributed by atoms with Crippen LogP contribution in [0.4, 0.5) is 0 Å². The van der Waals surface area contributed by atoms with Crippen LogP contribution < -0.4 is 0 Å². The Balaban J connectivity index is 2.28. The van der Waals surface area contributed by atoms with Crippen molar-refractivity contribution in [1.29, 1.82) is 0 Å². The fourth-order valence-electron chi connectivity index (χ4n) is 1.83. The Morgan fingerprint density at radius 2 is 0.812 bits per heavy atom. The average molecular weight is 212 g/mol. The van der Waals surface area contributed by atoms with Gasteiger partial charge in [-0.1, -0.05) is 76.3 Å². The van der Waals surface area contributed by atoms with Gasteiger partial charge in [0.1, 0.15) is 0 Å². The smallest absolute Gasteiger partial charge is 0.00111 e. The molecule has 0 aromatic heterocycles. The van der Waals surface area contributed by atoms with E-state index in [4.69, 9.17) is 0 Å². The summed E-state index contributed by atoms with van der Waals surface area (Å²) in [6.45, 7) is 8.88. The summed E-state index contributed by atoms with van der Waals surface area (Å²) in [7, 11) is 0. The standard InChI is InChI=1S/C16H20/c1-15(2)9-5-13(6-10-15)14-7-11-16(3,4)12-8-14/h5-12H,1-4H3. The van der Waals surface area contributed by atoms with Crippen LogP contribution in [-0.2, 0) is 0 Å². The van der Waals surface area contributed by atoms with Crippen LogP contribution in [0.25, 0.3) is 0 Å². The molecule has 0 saturated carbocycles. The van der Waals surface area contributed by atoms with Crippen molar-refractivity contribution in [3.8, 4) is 0 Å². The zero-order valence-electron chi connectivity index (χ0n) is 10.6. The Hall–Kier alpha value is -1.30. The minimum absolute atomic E-state index is 0.200. The van der Waals surface area contributed by atoms with E-state index in [1.54, 1.807) is 0 Å². The van der Waals surface area contributed by atoms with E-state index in [2.05, 4.69) is 76.3 Å².